The van der Waals surface area contributed by atoms with Crippen molar-refractivity contribution in [3.63, 3.8) is 0 Å². The maximum Gasteiger partial charge on any atom is 0.333 e. The predicted octanol–water partition coefficient (Wildman–Crippen LogP) is 2.24. The summed E-state index contributed by atoms with van der Waals surface area (Å²) in [6.45, 7) is 4.64. The summed E-state index contributed by atoms with van der Waals surface area (Å²) in [5.74, 6) is -0.256. The second kappa shape index (κ2) is 7.61. The van der Waals surface area contributed by atoms with Crippen molar-refractivity contribution in [2.24, 2.45) is 0 Å². The summed E-state index contributed by atoms with van der Waals surface area (Å²) in [5, 5.41) is 3.32. The molecule has 1 aromatic rings. The lowest BCUT2D eigenvalue weighted by molar-refractivity contribution is -0.136. The van der Waals surface area contributed by atoms with Crippen molar-refractivity contribution >= 4 is 5.97 Å². The van der Waals surface area contributed by atoms with Crippen LogP contribution in [0.4, 0.5) is 0 Å². The van der Waals surface area contributed by atoms with E-state index in [4.69, 9.17) is 4.74 Å². The molecule has 1 rings (SSSR count). The smallest absolute Gasteiger partial charge is 0.333 e. The molecular formula is C14H20N2O2. The molecule has 4 nitrogen and oxygen atoms in total. The summed E-state index contributed by atoms with van der Waals surface area (Å²) in [6.07, 6.45) is 6.14. The Labute approximate surface area is 108 Å². The lowest BCUT2D eigenvalue weighted by Gasteiger charge is -2.12. The Kier molecular flexibility index (Phi) is 6.08. The number of methoxy groups -OCH3 is 1. The maximum absolute atomic E-state index is 11.4. The van der Waals surface area contributed by atoms with Gasteiger partial charge in [0.2, 0.25) is 0 Å². The van der Waals surface area contributed by atoms with Crippen LogP contribution in [0.1, 0.15) is 31.9 Å². The molecule has 1 atom stereocenters. The van der Waals surface area contributed by atoms with Gasteiger partial charge in [0, 0.05) is 30.6 Å². The lowest BCUT2D eigenvalue weighted by atomic mass is 10.1. The Morgan fingerprint density at radius 3 is 2.94 bits per heavy atom. The van der Waals surface area contributed by atoms with Gasteiger partial charge in [0.15, 0.2) is 0 Å². The molecule has 0 aromatic carbocycles. The Balaban J connectivity index is 2.50. The number of carbonyl (C=O) groups is 1. The van der Waals surface area contributed by atoms with Crippen molar-refractivity contribution in [1.82, 2.24) is 10.3 Å². The molecule has 18 heavy (non-hydrogen) atoms. The monoisotopic (exact) mass is 248 g/mol. The normalized spacial score (nSPS) is 13.2. The van der Waals surface area contributed by atoms with E-state index in [1.165, 1.54) is 7.11 Å². The SMILES string of the molecule is CC/C(=C/CN[C@@H](C)c1cccnc1)C(=O)OC. The largest absolute Gasteiger partial charge is 0.466 e. The number of nitrogens with zero attached hydrogens (tertiary/aromatic N) is 1. The van der Waals surface area contributed by atoms with Crippen molar-refractivity contribution in [3.05, 3.63) is 41.7 Å². The molecule has 4 heteroatoms. The third kappa shape index (κ3) is 4.30. The van der Waals surface area contributed by atoms with Gasteiger partial charge >= 0.3 is 5.97 Å². The first-order chi connectivity index (χ1) is 8.69. The van der Waals surface area contributed by atoms with E-state index in [1.807, 2.05) is 31.3 Å². The molecule has 1 aromatic heterocycles. The van der Waals surface area contributed by atoms with Gasteiger partial charge in [-0.2, -0.15) is 0 Å². The first-order valence-corrected chi connectivity index (χ1v) is 6.09. The number of pyridine rings is 1. The molecule has 0 aliphatic heterocycles. The van der Waals surface area contributed by atoms with Crippen LogP contribution in [0.25, 0.3) is 0 Å². The van der Waals surface area contributed by atoms with E-state index in [2.05, 4.69) is 17.2 Å². The van der Waals surface area contributed by atoms with Crippen LogP contribution < -0.4 is 5.32 Å². The molecule has 0 aliphatic rings. The molecule has 1 N–H and O–H groups in total. The molecule has 0 fully saturated rings. The molecule has 0 radical (unpaired) electrons. The van der Waals surface area contributed by atoms with Gasteiger partial charge in [0.25, 0.3) is 0 Å². The van der Waals surface area contributed by atoms with Gasteiger partial charge in [-0.3, -0.25) is 4.98 Å². The van der Waals surface area contributed by atoms with E-state index in [0.29, 0.717) is 18.5 Å². The summed E-state index contributed by atoms with van der Waals surface area (Å²) in [6, 6.07) is 4.13. The quantitative estimate of drug-likeness (QED) is 0.619. The zero-order valence-corrected chi connectivity index (χ0v) is 11.1. The highest BCUT2D eigenvalue weighted by atomic mass is 16.5. The highest BCUT2D eigenvalue weighted by Crippen LogP contribution is 2.09. The summed E-state index contributed by atoms with van der Waals surface area (Å²) in [7, 11) is 1.40. The van der Waals surface area contributed by atoms with Gasteiger partial charge in [0.05, 0.1) is 7.11 Å². The van der Waals surface area contributed by atoms with E-state index >= 15 is 0 Å². The Morgan fingerprint density at radius 1 is 1.61 bits per heavy atom. The number of esters is 1. The van der Waals surface area contributed by atoms with Crippen LogP contribution in [0.2, 0.25) is 0 Å². The van der Waals surface area contributed by atoms with Gasteiger partial charge < -0.3 is 10.1 Å². The molecule has 0 bridgehead atoms. The van der Waals surface area contributed by atoms with E-state index in [1.54, 1.807) is 6.20 Å². The minimum Gasteiger partial charge on any atom is -0.466 e. The van der Waals surface area contributed by atoms with Crippen LogP contribution in [0.3, 0.4) is 0 Å². The van der Waals surface area contributed by atoms with Gasteiger partial charge in [-0.05, 0) is 25.0 Å². The summed E-state index contributed by atoms with van der Waals surface area (Å²) < 4.78 is 4.70. The number of aromatic nitrogens is 1. The molecule has 0 spiro atoms. The first kappa shape index (κ1) is 14.4. The van der Waals surface area contributed by atoms with Gasteiger partial charge in [0.1, 0.15) is 0 Å². The molecule has 0 saturated heterocycles. The van der Waals surface area contributed by atoms with Gasteiger partial charge in [-0.25, -0.2) is 4.79 Å². The first-order valence-electron chi connectivity index (χ1n) is 6.09. The van der Waals surface area contributed by atoms with Crippen molar-refractivity contribution in [3.8, 4) is 0 Å². The number of carbonyl (C=O) groups excluding carboxylic acids is 1. The maximum atomic E-state index is 11.4. The number of hydrogen-bond acceptors (Lipinski definition) is 4. The second-order valence-corrected chi connectivity index (χ2v) is 3.99. The average molecular weight is 248 g/mol. The van der Waals surface area contributed by atoms with Crippen LogP contribution in [-0.4, -0.2) is 24.6 Å². The zero-order chi connectivity index (χ0) is 13.4. The van der Waals surface area contributed by atoms with Crippen LogP contribution in [0.15, 0.2) is 36.2 Å². The Morgan fingerprint density at radius 2 is 2.39 bits per heavy atom. The lowest BCUT2D eigenvalue weighted by Crippen LogP contribution is -2.19. The Hall–Kier alpha value is -1.68. The van der Waals surface area contributed by atoms with E-state index < -0.39 is 0 Å². The van der Waals surface area contributed by atoms with Crippen molar-refractivity contribution < 1.29 is 9.53 Å². The summed E-state index contributed by atoms with van der Waals surface area (Å²) in [4.78, 5) is 15.4. The summed E-state index contributed by atoms with van der Waals surface area (Å²) in [5.41, 5.74) is 1.82. The number of ether oxygens (including phenoxy) is 1. The van der Waals surface area contributed by atoms with Crippen molar-refractivity contribution in [1.29, 1.82) is 0 Å². The predicted molar refractivity (Wildman–Crippen MR) is 71.0 cm³/mol. The fourth-order valence-corrected chi connectivity index (χ4v) is 1.61. The van der Waals surface area contributed by atoms with Gasteiger partial charge in [-0.1, -0.05) is 19.1 Å². The second-order valence-electron chi connectivity index (χ2n) is 3.99. The number of hydrogen-bond donors (Lipinski definition) is 1. The molecule has 0 unspecified atom stereocenters. The van der Waals surface area contributed by atoms with Gasteiger partial charge in [-0.15, -0.1) is 0 Å². The average Bonchev–Trinajstić information content (AvgIpc) is 2.43. The summed E-state index contributed by atoms with van der Waals surface area (Å²) >= 11 is 0. The molecule has 0 saturated carbocycles. The minimum atomic E-state index is -0.256. The topological polar surface area (TPSA) is 51.2 Å². The fraction of sp³-hybridized carbons (Fsp3) is 0.429. The Bertz CT molecular complexity index is 402. The van der Waals surface area contributed by atoms with Crippen LogP contribution in [0, 0.1) is 0 Å². The molecule has 98 valence electrons. The number of rotatable bonds is 6. The van der Waals surface area contributed by atoms with Crippen LogP contribution >= 0.6 is 0 Å². The molecule has 1 heterocycles. The molecular weight excluding hydrogens is 228 g/mol. The van der Waals surface area contributed by atoms with E-state index in [0.717, 1.165) is 5.56 Å². The minimum absolute atomic E-state index is 0.200. The standard InChI is InChI=1S/C14H20N2O2/c1-4-12(14(17)18-3)7-9-16-11(2)13-6-5-8-15-10-13/h5-8,10-11,16H,4,9H2,1-3H3/b12-7-/t11-/m0/s1. The zero-order valence-electron chi connectivity index (χ0n) is 11.1. The highest BCUT2D eigenvalue weighted by molar-refractivity contribution is 5.88. The third-order valence-corrected chi connectivity index (χ3v) is 2.79. The van der Waals surface area contributed by atoms with Crippen molar-refractivity contribution in [2.75, 3.05) is 13.7 Å². The molecule has 0 amide bonds. The van der Waals surface area contributed by atoms with Crippen LogP contribution in [0.5, 0.6) is 0 Å². The van der Waals surface area contributed by atoms with E-state index in [9.17, 15) is 4.79 Å². The highest BCUT2D eigenvalue weighted by Gasteiger charge is 2.07. The number of nitrogens with one attached hydrogen (secondary N) is 1. The fourth-order valence-electron chi connectivity index (χ4n) is 1.61. The molecule has 0 aliphatic carbocycles. The third-order valence-electron chi connectivity index (χ3n) is 2.79. The van der Waals surface area contributed by atoms with Crippen molar-refractivity contribution in [2.45, 2.75) is 26.3 Å². The van der Waals surface area contributed by atoms with Crippen LogP contribution in [-0.2, 0) is 9.53 Å². The van der Waals surface area contributed by atoms with E-state index in [-0.39, 0.29) is 12.0 Å².